The van der Waals surface area contributed by atoms with Crippen LogP contribution in [0.5, 0.6) is 0 Å². The number of amides is 1. The zero-order valence-corrected chi connectivity index (χ0v) is 9.79. The highest BCUT2D eigenvalue weighted by Crippen LogP contribution is 2.09. The Morgan fingerprint density at radius 3 is 3.00 bits per heavy atom. The fourth-order valence-corrected chi connectivity index (χ4v) is 2.14. The molecule has 1 saturated heterocycles. The lowest BCUT2D eigenvalue weighted by atomic mass is 10.3. The van der Waals surface area contributed by atoms with Crippen molar-refractivity contribution in [1.29, 1.82) is 0 Å². The van der Waals surface area contributed by atoms with Gasteiger partial charge in [-0.1, -0.05) is 6.07 Å². The van der Waals surface area contributed by atoms with Gasteiger partial charge in [0.25, 0.3) is 5.91 Å². The molecular weight excluding hydrogens is 226 g/mol. The first-order chi connectivity index (χ1) is 7.86. The molecule has 1 N–H and O–H groups in total. The molecule has 1 fully saturated rings. The Morgan fingerprint density at radius 1 is 1.50 bits per heavy atom. The van der Waals surface area contributed by atoms with Crippen LogP contribution in [0.3, 0.4) is 0 Å². The van der Waals surface area contributed by atoms with E-state index in [1.165, 1.54) is 11.3 Å². The van der Waals surface area contributed by atoms with Crippen molar-refractivity contribution in [1.82, 2.24) is 5.32 Å². The van der Waals surface area contributed by atoms with E-state index in [-0.39, 0.29) is 12.2 Å². The zero-order valence-electron chi connectivity index (χ0n) is 8.98. The maximum atomic E-state index is 11.6. The average molecular weight is 241 g/mol. The van der Waals surface area contributed by atoms with Crippen LogP contribution in [-0.2, 0) is 9.47 Å². The van der Waals surface area contributed by atoms with Gasteiger partial charge in [-0.05, 0) is 17.9 Å². The fraction of sp³-hybridized carbons (Fsp3) is 0.545. The number of rotatable bonds is 4. The summed E-state index contributed by atoms with van der Waals surface area (Å²) in [6.45, 7) is 2.09. The van der Waals surface area contributed by atoms with Crippen molar-refractivity contribution in [2.45, 2.75) is 19.1 Å². The normalized spacial score (nSPS) is 17.2. The van der Waals surface area contributed by atoms with E-state index < -0.39 is 0 Å². The van der Waals surface area contributed by atoms with E-state index in [0.29, 0.717) is 13.0 Å². The Kier molecular flexibility index (Phi) is 4.33. The molecule has 4 nitrogen and oxygen atoms in total. The van der Waals surface area contributed by atoms with Gasteiger partial charge in [0, 0.05) is 13.0 Å². The molecule has 0 radical (unpaired) electrons. The lowest BCUT2D eigenvalue weighted by Crippen LogP contribution is -2.31. The summed E-state index contributed by atoms with van der Waals surface area (Å²) in [4.78, 5) is 12.3. The van der Waals surface area contributed by atoms with Gasteiger partial charge in [0.05, 0.1) is 18.1 Å². The minimum absolute atomic E-state index is 0.0224. The van der Waals surface area contributed by atoms with Gasteiger partial charge in [0.15, 0.2) is 6.29 Å². The van der Waals surface area contributed by atoms with E-state index >= 15 is 0 Å². The van der Waals surface area contributed by atoms with Gasteiger partial charge < -0.3 is 14.8 Å². The van der Waals surface area contributed by atoms with Crippen molar-refractivity contribution in [3.05, 3.63) is 22.4 Å². The first-order valence-electron chi connectivity index (χ1n) is 5.41. The molecular formula is C11H15NO3S. The number of nitrogens with one attached hydrogen (secondary N) is 1. The van der Waals surface area contributed by atoms with E-state index in [2.05, 4.69) is 5.32 Å². The average Bonchev–Trinajstić information content (AvgIpc) is 2.84. The summed E-state index contributed by atoms with van der Waals surface area (Å²) >= 11 is 1.44. The summed E-state index contributed by atoms with van der Waals surface area (Å²) < 4.78 is 10.8. The number of ether oxygens (including phenoxy) is 2. The van der Waals surface area contributed by atoms with Crippen molar-refractivity contribution in [2.24, 2.45) is 0 Å². The Hall–Kier alpha value is -0.910. The summed E-state index contributed by atoms with van der Waals surface area (Å²) in [5, 5.41) is 4.73. The lowest BCUT2D eigenvalue weighted by molar-refractivity contribution is -0.180. The van der Waals surface area contributed by atoms with Crippen LogP contribution in [0, 0.1) is 0 Å². The Morgan fingerprint density at radius 2 is 2.31 bits per heavy atom. The van der Waals surface area contributed by atoms with E-state index in [0.717, 1.165) is 24.5 Å². The van der Waals surface area contributed by atoms with Crippen LogP contribution in [-0.4, -0.2) is 32.0 Å². The van der Waals surface area contributed by atoms with Crippen LogP contribution in [0.2, 0.25) is 0 Å². The Balaban J connectivity index is 1.66. The zero-order chi connectivity index (χ0) is 11.2. The van der Waals surface area contributed by atoms with E-state index in [1.807, 2.05) is 17.5 Å². The predicted octanol–water partition coefficient (Wildman–Crippen LogP) is 1.63. The minimum atomic E-state index is -0.155. The van der Waals surface area contributed by atoms with Gasteiger partial charge >= 0.3 is 0 Å². The first-order valence-corrected chi connectivity index (χ1v) is 6.29. The second kappa shape index (κ2) is 5.98. The Labute approximate surface area is 98.6 Å². The SMILES string of the molecule is O=C(NCCC1OCCCO1)c1cccs1. The molecule has 0 bridgehead atoms. The van der Waals surface area contributed by atoms with Gasteiger partial charge in [0.1, 0.15) is 0 Å². The van der Waals surface area contributed by atoms with E-state index in [4.69, 9.17) is 9.47 Å². The molecule has 1 amide bonds. The third-order valence-electron chi connectivity index (χ3n) is 2.31. The van der Waals surface area contributed by atoms with Gasteiger partial charge in [-0.15, -0.1) is 11.3 Å². The van der Waals surface area contributed by atoms with Crippen molar-refractivity contribution >= 4 is 17.2 Å². The monoisotopic (exact) mass is 241 g/mol. The number of thiophene rings is 1. The second-order valence-corrected chi connectivity index (χ2v) is 4.49. The van der Waals surface area contributed by atoms with Gasteiger partial charge in [-0.3, -0.25) is 4.79 Å². The summed E-state index contributed by atoms with van der Waals surface area (Å²) in [5.74, 6) is -0.0224. The molecule has 0 spiro atoms. The van der Waals surface area contributed by atoms with Crippen LogP contribution >= 0.6 is 11.3 Å². The predicted molar refractivity (Wildman–Crippen MR) is 61.6 cm³/mol. The van der Waals surface area contributed by atoms with Gasteiger partial charge in [-0.25, -0.2) is 0 Å². The van der Waals surface area contributed by atoms with Crippen LogP contribution < -0.4 is 5.32 Å². The molecule has 0 unspecified atom stereocenters. The molecule has 88 valence electrons. The largest absolute Gasteiger partial charge is 0.353 e. The topological polar surface area (TPSA) is 47.6 Å². The van der Waals surface area contributed by atoms with Crippen molar-refractivity contribution < 1.29 is 14.3 Å². The molecule has 1 aliphatic rings. The second-order valence-electron chi connectivity index (χ2n) is 3.55. The molecule has 0 atom stereocenters. The van der Waals surface area contributed by atoms with Crippen LogP contribution in [0.4, 0.5) is 0 Å². The van der Waals surface area contributed by atoms with Crippen molar-refractivity contribution in [3.63, 3.8) is 0 Å². The molecule has 5 heteroatoms. The van der Waals surface area contributed by atoms with E-state index in [9.17, 15) is 4.79 Å². The van der Waals surface area contributed by atoms with Crippen LogP contribution in [0.25, 0.3) is 0 Å². The smallest absolute Gasteiger partial charge is 0.261 e. The molecule has 1 aromatic heterocycles. The standard InChI is InChI=1S/C11H15NO3S/c13-11(9-3-1-8-16-9)12-5-4-10-14-6-2-7-15-10/h1,3,8,10H,2,4-7H2,(H,12,13). The quantitative estimate of drug-likeness (QED) is 0.871. The molecule has 1 aliphatic heterocycles. The molecule has 2 rings (SSSR count). The highest BCUT2D eigenvalue weighted by Gasteiger charge is 2.14. The number of carbonyl (C=O) groups excluding carboxylic acids is 1. The third-order valence-corrected chi connectivity index (χ3v) is 3.18. The van der Waals surface area contributed by atoms with Gasteiger partial charge in [-0.2, -0.15) is 0 Å². The first kappa shape index (κ1) is 11.6. The maximum Gasteiger partial charge on any atom is 0.261 e. The molecule has 1 aromatic rings. The maximum absolute atomic E-state index is 11.6. The van der Waals surface area contributed by atoms with Crippen molar-refractivity contribution in [3.8, 4) is 0 Å². The lowest BCUT2D eigenvalue weighted by Gasteiger charge is -2.23. The molecule has 0 aliphatic carbocycles. The third kappa shape index (κ3) is 3.30. The number of hydrogen-bond donors (Lipinski definition) is 1. The molecule has 2 heterocycles. The van der Waals surface area contributed by atoms with Crippen LogP contribution in [0.15, 0.2) is 17.5 Å². The summed E-state index contributed by atoms with van der Waals surface area (Å²) in [5.41, 5.74) is 0. The van der Waals surface area contributed by atoms with Crippen molar-refractivity contribution in [2.75, 3.05) is 19.8 Å². The van der Waals surface area contributed by atoms with E-state index in [1.54, 1.807) is 0 Å². The summed E-state index contributed by atoms with van der Waals surface area (Å²) in [6.07, 6.45) is 1.51. The Bertz CT molecular complexity index is 320. The van der Waals surface area contributed by atoms with Gasteiger partial charge in [0.2, 0.25) is 0 Å². The fourth-order valence-electron chi connectivity index (χ4n) is 1.50. The minimum Gasteiger partial charge on any atom is -0.353 e. The summed E-state index contributed by atoms with van der Waals surface area (Å²) in [7, 11) is 0. The highest BCUT2D eigenvalue weighted by molar-refractivity contribution is 7.12. The number of carbonyl (C=O) groups is 1. The highest BCUT2D eigenvalue weighted by atomic mass is 32.1. The molecule has 0 saturated carbocycles. The molecule has 0 aromatic carbocycles. The van der Waals surface area contributed by atoms with Crippen LogP contribution in [0.1, 0.15) is 22.5 Å². The molecule has 16 heavy (non-hydrogen) atoms. The summed E-state index contributed by atoms with van der Waals surface area (Å²) in [6, 6.07) is 3.68. The number of hydrogen-bond acceptors (Lipinski definition) is 4.